The highest BCUT2D eigenvalue weighted by Gasteiger charge is 2.19. The third kappa shape index (κ3) is 3.39. The molecule has 1 N–H and O–H groups in total. The Morgan fingerprint density at radius 1 is 1.04 bits per heavy atom. The molecule has 0 radical (unpaired) electrons. The Bertz CT molecular complexity index is 896. The number of nitrogens with zero attached hydrogens (tertiary/aromatic N) is 4. The van der Waals surface area contributed by atoms with Crippen molar-refractivity contribution >= 4 is 17.4 Å². The van der Waals surface area contributed by atoms with Crippen LogP contribution in [-0.4, -0.2) is 27.4 Å². The Balaban J connectivity index is 1.46. The first-order valence-corrected chi connectivity index (χ1v) is 8.67. The first-order chi connectivity index (χ1) is 12.8. The summed E-state index contributed by atoms with van der Waals surface area (Å²) in [7, 11) is 0. The molecule has 1 aliphatic rings. The molecule has 0 bridgehead atoms. The highest BCUT2D eigenvalue weighted by molar-refractivity contribution is 5.92. The number of carbonyl (C=O) groups is 1. The van der Waals surface area contributed by atoms with Crippen LogP contribution < -0.4 is 10.2 Å². The molecule has 6 heteroatoms. The van der Waals surface area contributed by atoms with E-state index in [-0.39, 0.29) is 5.91 Å². The summed E-state index contributed by atoms with van der Waals surface area (Å²) in [6, 6.07) is 13.9. The number of nitrogens with one attached hydrogen (secondary N) is 1. The number of hydrogen-bond acceptors (Lipinski definition) is 5. The van der Waals surface area contributed by atoms with Crippen LogP contribution in [0.2, 0.25) is 0 Å². The van der Waals surface area contributed by atoms with Crippen LogP contribution in [0.25, 0.3) is 0 Å². The summed E-state index contributed by atoms with van der Waals surface area (Å²) in [5.74, 6) is 0.507. The summed E-state index contributed by atoms with van der Waals surface area (Å²) in [6.45, 7) is 1.26. The van der Waals surface area contributed by atoms with E-state index < -0.39 is 0 Å². The minimum absolute atomic E-state index is 0.256. The number of hydrogen-bond donors (Lipinski definition) is 1. The van der Waals surface area contributed by atoms with Crippen LogP contribution in [0.5, 0.6) is 0 Å². The summed E-state index contributed by atoms with van der Waals surface area (Å²) < 4.78 is 0. The molecular weight excluding hydrogens is 326 g/mol. The molecule has 1 aliphatic heterocycles. The van der Waals surface area contributed by atoms with E-state index >= 15 is 0 Å². The van der Waals surface area contributed by atoms with Crippen LogP contribution in [0.1, 0.15) is 28.2 Å². The van der Waals surface area contributed by atoms with E-state index in [1.54, 1.807) is 12.4 Å². The maximum Gasteiger partial charge on any atom is 0.271 e. The fourth-order valence-electron chi connectivity index (χ4n) is 3.11. The van der Waals surface area contributed by atoms with E-state index in [0.717, 1.165) is 30.9 Å². The monoisotopic (exact) mass is 345 g/mol. The Morgan fingerprint density at radius 2 is 1.92 bits per heavy atom. The van der Waals surface area contributed by atoms with Crippen molar-refractivity contribution in [1.29, 1.82) is 0 Å². The minimum atomic E-state index is -0.256. The second-order valence-corrected chi connectivity index (χ2v) is 6.15. The van der Waals surface area contributed by atoms with Gasteiger partial charge in [0.1, 0.15) is 5.69 Å². The van der Waals surface area contributed by atoms with Crippen molar-refractivity contribution in [2.45, 2.75) is 19.4 Å². The summed E-state index contributed by atoms with van der Waals surface area (Å²) in [6.07, 6.45) is 7.05. The van der Waals surface area contributed by atoms with Gasteiger partial charge in [-0.3, -0.25) is 9.78 Å². The maximum atomic E-state index is 12.2. The second kappa shape index (κ2) is 7.31. The van der Waals surface area contributed by atoms with Gasteiger partial charge in [-0.15, -0.1) is 0 Å². The molecule has 2 aromatic heterocycles. The fourth-order valence-corrected chi connectivity index (χ4v) is 3.11. The van der Waals surface area contributed by atoms with Crippen molar-refractivity contribution < 1.29 is 4.79 Å². The Morgan fingerprint density at radius 3 is 2.73 bits per heavy atom. The largest absolute Gasteiger partial charge is 0.345 e. The average molecular weight is 345 g/mol. The van der Waals surface area contributed by atoms with Gasteiger partial charge in [0.2, 0.25) is 0 Å². The third-order valence-corrected chi connectivity index (χ3v) is 4.41. The number of fused-ring (bicyclic) bond motifs is 1. The highest BCUT2D eigenvalue weighted by atomic mass is 16.1. The summed E-state index contributed by atoms with van der Waals surface area (Å²) >= 11 is 0. The number of benzene rings is 1. The Kier molecular flexibility index (Phi) is 4.55. The van der Waals surface area contributed by atoms with E-state index in [9.17, 15) is 4.79 Å². The predicted molar refractivity (Wildman–Crippen MR) is 99.2 cm³/mol. The third-order valence-electron chi connectivity index (χ3n) is 4.41. The van der Waals surface area contributed by atoms with Gasteiger partial charge >= 0.3 is 0 Å². The van der Waals surface area contributed by atoms with Gasteiger partial charge < -0.3 is 10.2 Å². The molecule has 0 saturated heterocycles. The van der Waals surface area contributed by atoms with Crippen LogP contribution in [0.15, 0.2) is 61.1 Å². The topological polar surface area (TPSA) is 71.0 Å². The normalized spacial score (nSPS) is 13.2. The van der Waals surface area contributed by atoms with Gasteiger partial charge in [0.25, 0.3) is 5.91 Å². The molecule has 0 unspecified atom stereocenters. The van der Waals surface area contributed by atoms with Gasteiger partial charge in [-0.1, -0.05) is 24.3 Å². The number of rotatable bonds is 4. The van der Waals surface area contributed by atoms with Gasteiger partial charge in [0.05, 0.1) is 24.6 Å². The zero-order valence-corrected chi connectivity index (χ0v) is 14.3. The number of para-hydroxylation sites is 1. The SMILES string of the molecule is O=C(NCc1ccccn1)c1cnc(N2CCCc3ccccc32)cn1. The number of carbonyl (C=O) groups excluding carboxylic acids is 1. The molecule has 3 heterocycles. The molecule has 130 valence electrons. The van der Waals surface area contributed by atoms with Crippen molar-refractivity contribution in [2.75, 3.05) is 11.4 Å². The van der Waals surface area contributed by atoms with Gasteiger partial charge in [-0.05, 0) is 36.6 Å². The van der Waals surface area contributed by atoms with E-state index in [1.807, 2.05) is 24.3 Å². The van der Waals surface area contributed by atoms with Crippen LogP contribution in [0.3, 0.4) is 0 Å². The van der Waals surface area contributed by atoms with Crippen LogP contribution in [0.4, 0.5) is 11.5 Å². The Labute approximate surface area is 151 Å². The number of anilines is 2. The molecule has 0 aliphatic carbocycles. The van der Waals surface area contributed by atoms with Crippen molar-refractivity contribution in [1.82, 2.24) is 20.3 Å². The molecule has 0 fully saturated rings. The Hall–Kier alpha value is -3.28. The lowest BCUT2D eigenvalue weighted by Gasteiger charge is -2.30. The highest BCUT2D eigenvalue weighted by Crippen LogP contribution is 2.31. The average Bonchev–Trinajstić information content (AvgIpc) is 2.72. The maximum absolute atomic E-state index is 12.2. The lowest BCUT2D eigenvalue weighted by Crippen LogP contribution is -2.27. The first-order valence-electron chi connectivity index (χ1n) is 8.67. The fraction of sp³-hybridized carbons (Fsp3) is 0.200. The molecule has 0 spiro atoms. The van der Waals surface area contributed by atoms with Crippen LogP contribution >= 0.6 is 0 Å². The second-order valence-electron chi connectivity index (χ2n) is 6.15. The quantitative estimate of drug-likeness (QED) is 0.787. The molecule has 1 aromatic carbocycles. The van der Waals surface area contributed by atoms with Gasteiger partial charge in [-0.2, -0.15) is 0 Å². The molecule has 3 aromatic rings. The lowest BCUT2D eigenvalue weighted by atomic mass is 10.0. The van der Waals surface area contributed by atoms with Crippen molar-refractivity contribution in [3.05, 3.63) is 78.0 Å². The number of pyridine rings is 1. The summed E-state index contributed by atoms with van der Waals surface area (Å²) in [5.41, 5.74) is 3.59. The van der Waals surface area contributed by atoms with Gasteiger partial charge in [0, 0.05) is 18.4 Å². The number of aryl methyl sites for hydroxylation is 1. The standard InChI is InChI=1S/C20H19N5O/c26-20(24-12-16-8-3-4-10-21-16)17-13-23-19(14-22-17)25-11-5-7-15-6-1-2-9-18(15)25/h1-4,6,8-10,13-14H,5,7,11-12H2,(H,24,26). The molecule has 26 heavy (non-hydrogen) atoms. The number of aromatic nitrogens is 3. The van der Waals surface area contributed by atoms with E-state index in [2.05, 4.69) is 43.4 Å². The minimum Gasteiger partial charge on any atom is -0.345 e. The molecule has 1 amide bonds. The molecule has 0 saturated carbocycles. The lowest BCUT2D eigenvalue weighted by molar-refractivity contribution is 0.0945. The van der Waals surface area contributed by atoms with Crippen LogP contribution in [-0.2, 0) is 13.0 Å². The van der Waals surface area contributed by atoms with E-state index in [0.29, 0.717) is 12.2 Å². The van der Waals surface area contributed by atoms with Crippen molar-refractivity contribution in [2.24, 2.45) is 0 Å². The van der Waals surface area contributed by atoms with Crippen molar-refractivity contribution in [3.63, 3.8) is 0 Å². The smallest absolute Gasteiger partial charge is 0.271 e. The summed E-state index contributed by atoms with van der Waals surface area (Å²) in [5, 5.41) is 2.81. The van der Waals surface area contributed by atoms with Gasteiger partial charge in [0.15, 0.2) is 5.82 Å². The molecule has 4 rings (SSSR count). The zero-order valence-electron chi connectivity index (χ0n) is 14.3. The summed E-state index contributed by atoms with van der Waals surface area (Å²) in [4.78, 5) is 27.4. The van der Waals surface area contributed by atoms with Crippen LogP contribution in [0, 0.1) is 0 Å². The first kappa shape index (κ1) is 16.2. The van der Waals surface area contributed by atoms with E-state index in [1.165, 1.54) is 17.4 Å². The molecular formula is C20H19N5O. The van der Waals surface area contributed by atoms with Gasteiger partial charge in [-0.25, -0.2) is 9.97 Å². The zero-order chi connectivity index (χ0) is 17.8. The molecule has 0 atom stereocenters. The van der Waals surface area contributed by atoms with E-state index in [4.69, 9.17) is 0 Å². The number of amides is 1. The molecule has 6 nitrogen and oxygen atoms in total. The predicted octanol–water partition coefficient (Wildman–Crippen LogP) is 2.89. The van der Waals surface area contributed by atoms with Crippen molar-refractivity contribution in [3.8, 4) is 0 Å².